The van der Waals surface area contributed by atoms with Crippen molar-refractivity contribution in [2.45, 2.75) is 37.9 Å². The summed E-state index contributed by atoms with van der Waals surface area (Å²) in [6.07, 6.45) is 0.246. The standard InChI is InChI=1S/C19H29N3O4S/c1-15-4-6-18(7-5-15)27(24,25)22-10-8-21(9-11-22)19(23)14-20-12-16(2)26-17(3)13-20/h4-7,16-17H,8-14H2,1-3H3/t16-,17-/m0/s1. The second kappa shape index (κ2) is 8.26. The van der Waals surface area contributed by atoms with Gasteiger partial charge >= 0.3 is 0 Å². The molecule has 0 aliphatic carbocycles. The van der Waals surface area contributed by atoms with Gasteiger partial charge < -0.3 is 9.64 Å². The van der Waals surface area contributed by atoms with Gasteiger partial charge in [-0.15, -0.1) is 0 Å². The molecule has 1 amide bonds. The van der Waals surface area contributed by atoms with Crippen LogP contribution in [0.2, 0.25) is 0 Å². The Balaban J connectivity index is 1.55. The highest BCUT2D eigenvalue weighted by Crippen LogP contribution is 2.18. The van der Waals surface area contributed by atoms with Gasteiger partial charge in [-0.3, -0.25) is 9.69 Å². The number of amides is 1. The lowest BCUT2D eigenvalue weighted by Gasteiger charge is -2.38. The van der Waals surface area contributed by atoms with E-state index in [2.05, 4.69) is 4.90 Å². The van der Waals surface area contributed by atoms with E-state index in [0.29, 0.717) is 37.6 Å². The second-order valence-corrected chi connectivity index (χ2v) is 9.49. The van der Waals surface area contributed by atoms with Crippen molar-refractivity contribution in [1.82, 2.24) is 14.1 Å². The number of rotatable bonds is 4. The molecule has 2 saturated heterocycles. The van der Waals surface area contributed by atoms with Crippen LogP contribution in [0.15, 0.2) is 29.2 Å². The van der Waals surface area contributed by atoms with E-state index < -0.39 is 10.0 Å². The minimum Gasteiger partial charge on any atom is -0.373 e. The van der Waals surface area contributed by atoms with Crippen LogP contribution >= 0.6 is 0 Å². The van der Waals surface area contributed by atoms with Crippen molar-refractivity contribution in [2.75, 3.05) is 45.8 Å². The van der Waals surface area contributed by atoms with Crippen LogP contribution in [0.3, 0.4) is 0 Å². The molecular weight excluding hydrogens is 366 g/mol. The largest absolute Gasteiger partial charge is 0.373 e. The molecule has 27 heavy (non-hydrogen) atoms. The molecule has 0 spiro atoms. The number of ether oxygens (including phenoxy) is 1. The number of carbonyl (C=O) groups is 1. The zero-order valence-electron chi connectivity index (χ0n) is 16.3. The molecular formula is C19H29N3O4S. The highest BCUT2D eigenvalue weighted by Gasteiger charge is 2.31. The van der Waals surface area contributed by atoms with Crippen molar-refractivity contribution in [1.29, 1.82) is 0 Å². The normalized spacial score (nSPS) is 25.5. The number of benzene rings is 1. The number of carbonyl (C=O) groups excluding carboxylic acids is 1. The summed E-state index contributed by atoms with van der Waals surface area (Å²) in [5.74, 6) is 0.0590. The number of aryl methyl sites for hydroxylation is 1. The Kier molecular flexibility index (Phi) is 6.20. The van der Waals surface area contributed by atoms with E-state index >= 15 is 0 Å². The van der Waals surface area contributed by atoms with Crippen molar-refractivity contribution < 1.29 is 17.9 Å². The summed E-state index contributed by atoms with van der Waals surface area (Å²) in [6.45, 7) is 9.34. The maximum atomic E-state index is 12.8. The third-order valence-corrected chi connectivity index (χ3v) is 7.02. The summed E-state index contributed by atoms with van der Waals surface area (Å²) >= 11 is 0. The van der Waals surface area contributed by atoms with Gasteiger partial charge in [-0.25, -0.2) is 8.42 Å². The summed E-state index contributed by atoms with van der Waals surface area (Å²) in [4.78, 5) is 16.8. The summed E-state index contributed by atoms with van der Waals surface area (Å²) in [7, 11) is -3.50. The number of hydrogen-bond acceptors (Lipinski definition) is 5. The molecule has 0 N–H and O–H groups in total. The molecule has 2 aliphatic heterocycles. The predicted molar refractivity (Wildman–Crippen MR) is 103 cm³/mol. The van der Waals surface area contributed by atoms with Gasteiger partial charge in [0.25, 0.3) is 0 Å². The number of nitrogens with zero attached hydrogens (tertiary/aromatic N) is 3. The van der Waals surface area contributed by atoms with Crippen LogP contribution in [0.1, 0.15) is 19.4 Å². The first kappa shape index (κ1) is 20.3. The summed E-state index contributed by atoms with van der Waals surface area (Å²) < 4.78 is 32.7. The molecule has 1 aromatic carbocycles. The monoisotopic (exact) mass is 395 g/mol. The predicted octanol–water partition coefficient (Wildman–Crippen LogP) is 0.937. The Bertz CT molecular complexity index is 748. The van der Waals surface area contributed by atoms with Gasteiger partial charge in [-0.1, -0.05) is 17.7 Å². The average molecular weight is 396 g/mol. The Morgan fingerprint density at radius 2 is 1.59 bits per heavy atom. The summed E-state index contributed by atoms with van der Waals surface area (Å²) in [6, 6.07) is 6.89. The first-order valence-corrected chi connectivity index (χ1v) is 10.9. The average Bonchev–Trinajstić information content (AvgIpc) is 2.61. The highest BCUT2D eigenvalue weighted by molar-refractivity contribution is 7.89. The third kappa shape index (κ3) is 4.87. The fourth-order valence-electron chi connectivity index (χ4n) is 3.74. The van der Waals surface area contributed by atoms with E-state index in [0.717, 1.165) is 18.7 Å². The summed E-state index contributed by atoms with van der Waals surface area (Å²) in [5, 5.41) is 0. The molecule has 2 atom stereocenters. The summed E-state index contributed by atoms with van der Waals surface area (Å²) in [5.41, 5.74) is 1.02. The van der Waals surface area contributed by atoms with E-state index in [1.165, 1.54) is 4.31 Å². The van der Waals surface area contributed by atoms with Crippen molar-refractivity contribution >= 4 is 15.9 Å². The van der Waals surface area contributed by atoms with Crippen molar-refractivity contribution in [3.8, 4) is 0 Å². The number of morpholine rings is 1. The fourth-order valence-corrected chi connectivity index (χ4v) is 5.16. The Morgan fingerprint density at radius 3 is 2.15 bits per heavy atom. The molecule has 0 saturated carbocycles. The van der Waals surface area contributed by atoms with Crippen LogP contribution in [0.5, 0.6) is 0 Å². The number of hydrogen-bond donors (Lipinski definition) is 0. The van der Waals surface area contributed by atoms with Gasteiger partial charge in [0.05, 0.1) is 23.6 Å². The quantitative estimate of drug-likeness (QED) is 0.759. The number of piperazine rings is 1. The second-order valence-electron chi connectivity index (χ2n) is 7.55. The minimum atomic E-state index is -3.50. The first-order chi connectivity index (χ1) is 12.8. The molecule has 2 heterocycles. The van der Waals surface area contributed by atoms with Gasteiger partial charge in [0.1, 0.15) is 0 Å². The molecule has 0 radical (unpaired) electrons. The van der Waals surface area contributed by atoms with Crippen LogP contribution in [-0.2, 0) is 19.6 Å². The van der Waals surface area contributed by atoms with Gasteiger partial charge in [0.2, 0.25) is 15.9 Å². The first-order valence-electron chi connectivity index (χ1n) is 9.48. The van der Waals surface area contributed by atoms with E-state index in [-0.39, 0.29) is 18.1 Å². The van der Waals surface area contributed by atoms with Crippen LogP contribution in [0.4, 0.5) is 0 Å². The maximum Gasteiger partial charge on any atom is 0.243 e. The fraction of sp³-hybridized carbons (Fsp3) is 0.632. The lowest BCUT2D eigenvalue weighted by Crippen LogP contribution is -2.54. The van der Waals surface area contributed by atoms with Crippen LogP contribution in [-0.4, -0.2) is 86.5 Å². The van der Waals surface area contributed by atoms with Crippen LogP contribution < -0.4 is 0 Å². The van der Waals surface area contributed by atoms with Gasteiger partial charge in [0.15, 0.2) is 0 Å². The van der Waals surface area contributed by atoms with E-state index in [1.54, 1.807) is 29.2 Å². The molecule has 2 fully saturated rings. The molecule has 8 heteroatoms. The molecule has 3 rings (SSSR count). The SMILES string of the molecule is Cc1ccc(S(=O)(=O)N2CCN(C(=O)CN3C[C@H](C)O[C@@H](C)C3)CC2)cc1. The topological polar surface area (TPSA) is 70.2 Å². The molecule has 0 unspecified atom stereocenters. The zero-order valence-corrected chi connectivity index (χ0v) is 17.1. The smallest absolute Gasteiger partial charge is 0.243 e. The molecule has 0 aromatic heterocycles. The Morgan fingerprint density at radius 1 is 1.04 bits per heavy atom. The molecule has 0 bridgehead atoms. The van der Waals surface area contributed by atoms with E-state index in [1.807, 2.05) is 20.8 Å². The van der Waals surface area contributed by atoms with E-state index in [4.69, 9.17) is 4.74 Å². The Labute approximate surface area is 161 Å². The third-order valence-electron chi connectivity index (χ3n) is 5.10. The van der Waals surface area contributed by atoms with Crippen molar-refractivity contribution in [2.24, 2.45) is 0 Å². The Hall–Kier alpha value is -1.48. The maximum absolute atomic E-state index is 12.8. The van der Waals surface area contributed by atoms with Crippen molar-refractivity contribution in [3.63, 3.8) is 0 Å². The molecule has 2 aliphatic rings. The lowest BCUT2D eigenvalue weighted by atomic mass is 10.2. The van der Waals surface area contributed by atoms with Gasteiger partial charge in [-0.2, -0.15) is 4.31 Å². The highest BCUT2D eigenvalue weighted by atomic mass is 32.2. The lowest BCUT2D eigenvalue weighted by molar-refractivity contribution is -0.137. The minimum absolute atomic E-state index is 0.0590. The van der Waals surface area contributed by atoms with Crippen molar-refractivity contribution in [3.05, 3.63) is 29.8 Å². The molecule has 7 nitrogen and oxygen atoms in total. The molecule has 150 valence electrons. The zero-order chi connectivity index (χ0) is 19.6. The van der Waals surface area contributed by atoms with Crippen LogP contribution in [0.25, 0.3) is 0 Å². The van der Waals surface area contributed by atoms with E-state index in [9.17, 15) is 13.2 Å². The molecule has 1 aromatic rings. The van der Waals surface area contributed by atoms with Gasteiger partial charge in [-0.05, 0) is 32.9 Å². The van der Waals surface area contributed by atoms with Crippen LogP contribution in [0, 0.1) is 6.92 Å². The number of sulfonamides is 1. The van der Waals surface area contributed by atoms with Gasteiger partial charge in [0, 0.05) is 39.3 Å².